The van der Waals surface area contributed by atoms with Gasteiger partial charge < -0.3 is 14.0 Å². The van der Waals surface area contributed by atoms with Gasteiger partial charge in [0.05, 0.1) is 17.6 Å². The SMILES string of the molecule is CCOCCn1c(COc2ccccc2C)nc2ccc(Cl)cc21. The largest absolute Gasteiger partial charge is 0.485 e. The van der Waals surface area contributed by atoms with Crippen molar-refractivity contribution in [2.45, 2.75) is 27.0 Å². The number of benzene rings is 2. The number of halogens is 1. The van der Waals surface area contributed by atoms with Gasteiger partial charge in [-0.25, -0.2) is 4.98 Å². The van der Waals surface area contributed by atoms with Crippen molar-refractivity contribution in [3.05, 3.63) is 58.9 Å². The Hall–Kier alpha value is -2.04. The van der Waals surface area contributed by atoms with Crippen molar-refractivity contribution in [2.75, 3.05) is 13.2 Å². The summed E-state index contributed by atoms with van der Waals surface area (Å²) < 4.78 is 13.6. The van der Waals surface area contributed by atoms with E-state index >= 15 is 0 Å². The summed E-state index contributed by atoms with van der Waals surface area (Å²) in [4.78, 5) is 4.70. The highest BCUT2D eigenvalue weighted by Gasteiger charge is 2.12. The molecule has 0 atom stereocenters. The fraction of sp³-hybridized carbons (Fsp3) is 0.316. The number of hydrogen-bond acceptors (Lipinski definition) is 3. The molecule has 24 heavy (non-hydrogen) atoms. The van der Waals surface area contributed by atoms with Crippen molar-refractivity contribution in [1.82, 2.24) is 9.55 Å². The monoisotopic (exact) mass is 344 g/mol. The van der Waals surface area contributed by atoms with Crippen molar-refractivity contribution < 1.29 is 9.47 Å². The average molecular weight is 345 g/mol. The molecule has 0 spiro atoms. The minimum absolute atomic E-state index is 0.406. The molecule has 0 bridgehead atoms. The Bertz CT molecular complexity index is 829. The van der Waals surface area contributed by atoms with Crippen LogP contribution in [0.5, 0.6) is 5.75 Å². The molecule has 1 heterocycles. The minimum Gasteiger partial charge on any atom is -0.485 e. The van der Waals surface area contributed by atoms with Gasteiger partial charge in [-0.3, -0.25) is 0 Å². The van der Waals surface area contributed by atoms with E-state index < -0.39 is 0 Å². The van der Waals surface area contributed by atoms with E-state index in [4.69, 9.17) is 26.1 Å². The molecule has 0 saturated heterocycles. The number of hydrogen-bond donors (Lipinski definition) is 0. The molecule has 1 aromatic heterocycles. The quantitative estimate of drug-likeness (QED) is 0.587. The van der Waals surface area contributed by atoms with Gasteiger partial charge in [0.15, 0.2) is 0 Å². The predicted octanol–water partition coefficient (Wildman–Crippen LogP) is 4.61. The lowest BCUT2D eigenvalue weighted by atomic mass is 10.2. The predicted molar refractivity (Wildman–Crippen MR) is 96.7 cm³/mol. The highest BCUT2D eigenvalue weighted by molar-refractivity contribution is 6.31. The second kappa shape index (κ2) is 7.69. The maximum Gasteiger partial charge on any atom is 0.148 e. The summed E-state index contributed by atoms with van der Waals surface area (Å²) in [5, 5.41) is 0.700. The van der Waals surface area contributed by atoms with Crippen molar-refractivity contribution in [3.8, 4) is 5.75 Å². The summed E-state index contributed by atoms with van der Waals surface area (Å²) in [6, 6.07) is 13.7. The van der Waals surface area contributed by atoms with Crippen molar-refractivity contribution in [2.24, 2.45) is 0 Å². The van der Waals surface area contributed by atoms with E-state index in [-0.39, 0.29) is 0 Å². The fourth-order valence-corrected chi connectivity index (χ4v) is 2.83. The van der Waals surface area contributed by atoms with Crippen molar-refractivity contribution in [1.29, 1.82) is 0 Å². The Morgan fingerprint density at radius 3 is 2.79 bits per heavy atom. The summed E-state index contributed by atoms with van der Waals surface area (Å²) in [6.07, 6.45) is 0. The molecule has 126 valence electrons. The zero-order valence-corrected chi connectivity index (χ0v) is 14.7. The third kappa shape index (κ3) is 3.71. The van der Waals surface area contributed by atoms with Crippen LogP contribution in [0, 0.1) is 6.92 Å². The first-order chi connectivity index (χ1) is 11.7. The standard InChI is InChI=1S/C19H21ClN2O2/c1-3-23-11-10-22-17-12-15(20)8-9-16(17)21-19(22)13-24-18-7-5-4-6-14(18)2/h4-9,12H,3,10-11,13H2,1-2H3. The molecule has 3 aromatic rings. The molecule has 0 N–H and O–H groups in total. The molecule has 0 fully saturated rings. The second-order valence-corrected chi connectivity index (χ2v) is 6.00. The van der Waals surface area contributed by atoms with Crippen molar-refractivity contribution >= 4 is 22.6 Å². The van der Waals surface area contributed by atoms with Crippen LogP contribution in [0.15, 0.2) is 42.5 Å². The average Bonchev–Trinajstić information content (AvgIpc) is 2.91. The molecule has 3 rings (SSSR count). The zero-order chi connectivity index (χ0) is 16.9. The molecule has 4 nitrogen and oxygen atoms in total. The number of nitrogens with zero attached hydrogens (tertiary/aromatic N) is 2. The number of ether oxygens (including phenoxy) is 2. The molecule has 0 aliphatic rings. The van der Waals surface area contributed by atoms with Crippen molar-refractivity contribution in [3.63, 3.8) is 0 Å². The van der Waals surface area contributed by atoms with Crippen LogP contribution in [0.4, 0.5) is 0 Å². The van der Waals surface area contributed by atoms with Gasteiger partial charge in [0, 0.05) is 18.2 Å². The third-order valence-electron chi connectivity index (χ3n) is 3.90. The molecular formula is C19H21ClN2O2. The van der Waals surface area contributed by atoms with Gasteiger partial charge in [0.1, 0.15) is 18.2 Å². The van der Waals surface area contributed by atoms with Crippen LogP contribution in [0.2, 0.25) is 5.02 Å². The van der Waals surface area contributed by atoms with E-state index in [1.807, 2.05) is 56.3 Å². The molecule has 0 unspecified atom stereocenters. The molecule has 0 saturated carbocycles. The highest BCUT2D eigenvalue weighted by Crippen LogP contribution is 2.23. The van der Waals surface area contributed by atoms with Gasteiger partial charge >= 0.3 is 0 Å². The fourth-order valence-electron chi connectivity index (χ4n) is 2.67. The maximum atomic E-state index is 6.15. The zero-order valence-electron chi connectivity index (χ0n) is 14.0. The first kappa shape index (κ1) is 16.8. The molecule has 5 heteroatoms. The molecule has 0 amide bonds. The van der Waals surface area contributed by atoms with E-state index in [9.17, 15) is 0 Å². The van der Waals surface area contributed by atoms with Crippen LogP contribution < -0.4 is 4.74 Å². The van der Waals surface area contributed by atoms with E-state index in [0.717, 1.165) is 34.7 Å². The van der Waals surface area contributed by atoms with Crippen LogP contribution in [-0.2, 0) is 17.9 Å². The molecule has 2 aromatic carbocycles. The van der Waals surface area contributed by atoms with Crippen LogP contribution in [-0.4, -0.2) is 22.8 Å². The van der Waals surface area contributed by atoms with E-state index in [1.165, 1.54) is 0 Å². The van der Waals surface area contributed by atoms with Gasteiger partial charge in [-0.05, 0) is 43.7 Å². The number of rotatable bonds is 7. The summed E-state index contributed by atoms with van der Waals surface area (Å²) in [7, 11) is 0. The lowest BCUT2D eigenvalue weighted by Crippen LogP contribution is -2.11. The van der Waals surface area contributed by atoms with Crippen LogP contribution in [0.25, 0.3) is 11.0 Å². The first-order valence-electron chi connectivity index (χ1n) is 8.10. The van der Waals surface area contributed by atoms with Gasteiger partial charge in [-0.2, -0.15) is 0 Å². The molecule has 0 radical (unpaired) electrons. The smallest absolute Gasteiger partial charge is 0.148 e. The Kier molecular flexibility index (Phi) is 5.38. The number of fused-ring (bicyclic) bond motifs is 1. The third-order valence-corrected chi connectivity index (χ3v) is 4.14. The van der Waals surface area contributed by atoms with Crippen LogP contribution in [0.1, 0.15) is 18.3 Å². The summed E-state index contributed by atoms with van der Waals surface area (Å²) >= 11 is 6.15. The normalized spacial score (nSPS) is 11.1. The molecule has 0 aliphatic carbocycles. The number of para-hydroxylation sites is 1. The Morgan fingerprint density at radius 1 is 1.17 bits per heavy atom. The number of aryl methyl sites for hydroxylation is 1. The van der Waals surface area contributed by atoms with E-state index in [2.05, 4.69) is 4.57 Å². The lowest BCUT2D eigenvalue weighted by molar-refractivity contribution is 0.138. The Balaban J connectivity index is 1.88. The summed E-state index contributed by atoms with van der Waals surface area (Å²) in [5.74, 6) is 1.74. The number of aromatic nitrogens is 2. The number of imidazole rings is 1. The molecular weight excluding hydrogens is 324 g/mol. The van der Waals surface area contributed by atoms with E-state index in [0.29, 0.717) is 24.8 Å². The highest BCUT2D eigenvalue weighted by atomic mass is 35.5. The summed E-state index contributed by atoms with van der Waals surface area (Å²) in [5.41, 5.74) is 3.03. The van der Waals surface area contributed by atoms with E-state index in [1.54, 1.807) is 0 Å². The summed E-state index contributed by atoms with van der Waals surface area (Å²) in [6.45, 7) is 6.48. The second-order valence-electron chi connectivity index (χ2n) is 5.56. The lowest BCUT2D eigenvalue weighted by Gasteiger charge is -2.12. The first-order valence-corrected chi connectivity index (χ1v) is 8.47. The van der Waals surface area contributed by atoms with Gasteiger partial charge in [0.2, 0.25) is 0 Å². The Morgan fingerprint density at radius 2 is 2.00 bits per heavy atom. The minimum atomic E-state index is 0.406. The van der Waals surface area contributed by atoms with Crippen LogP contribution >= 0.6 is 11.6 Å². The molecule has 0 aliphatic heterocycles. The van der Waals surface area contributed by atoms with Gasteiger partial charge in [-0.1, -0.05) is 29.8 Å². The Labute approximate surface area is 147 Å². The van der Waals surface area contributed by atoms with Gasteiger partial charge in [0.25, 0.3) is 0 Å². The topological polar surface area (TPSA) is 36.3 Å². The van der Waals surface area contributed by atoms with Crippen LogP contribution in [0.3, 0.4) is 0 Å². The van der Waals surface area contributed by atoms with Gasteiger partial charge in [-0.15, -0.1) is 0 Å². The maximum absolute atomic E-state index is 6.15.